The van der Waals surface area contributed by atoms with Crippen molar-refractivity contribution >= 4 is 5.78 Å². The first-order chi connectivity index (χ1) is 8.61. The first kappa shape index (κ1) is 11.8. The summed E-state index contributed by atoms with van der Waals surface area (Å²) in [5, 5.41) is 4.28. The van der Waals surface area contributed by atoms with Gasteiger partial charge in [-0.25, -0.2) is 0 Å². The maximum Gasteiger partial charge on any atom is 0.187 e. The van der Waals surface area contributed by atoms with E-state index < -0.39 is 0 Å². The second kappa shape index (κ2) is 4.11. The van der Waals surface area contributed by atoms with Crippen LogP contribution in [0.2, 0.25) is 0 Å². The second-order valence-electron chi connectivity index (χ2n) is 5.89. The molecule has 2 saturated carbocycles. The van der Waals surface area contributed by atoms with Gasteiger partial charge in [0, 0.05) is 12.0 Å². The number of Topliss-reactive ketones (excluding diaryl/α,β-unsaturated/α-hetero) is 1. The molecule has 0 aliphatic heterocycles. The van der Waals surface area contributed by atoms with Gasteiger partial charge in [0.2, 0.25) is 0 Å². The number of hydrogen-bond donors (Lipinski definition) is 0. The van der Waals surface area contributed by atoms with Crippen LogP contribution in [0.15, 0.2) is 6.20 Å². The van der Waals surface area contributed by atoms with Crippen LogP contribution in [0.5, 0.6) is 5.75 Å². The average Bonchev–Trinajstić information content (AvgIpc) is 2.81. The van der Waals surface area contributed by atoms with Gasteiger partial charge in [-0.15, -0.1) is 0 Å². The third kappa shape index (κ3) is 1.74. The Morgan fingerprint density at radius 3 is 2.61 bits per heavy atom. The van der Waals surface area contributed by atoms with Crippen molar-refractivity contribution in [2.75, 3.05) is 7.11 Å². The molecule has 2 unspecified atom stereocenters. The molecule has 2 atom stereocenters. The summed E-state index contributed by atoms with van der Waals surface area (Å²) in [4.78, 5) is 12.6. The zero-order valence-corrected chi connectivity index (χ0v) is 11.2. The molecule has 1 aromatic heterocycles. The number of hydrogen-bond acceptors (Lipinski definition) is 3. The number of carbonyl (C=O) groups excluding carboxylic acids is 1. The molecule has 98 valence electrons. The van der Waals surface area contributed by atoms with Crippen LogP contribution < -0.4 is 4.74 Å². The Balaban J connectivity index is 1.89. The summed E-state index contributed by atoms with van der Waals surface area (Å²) >= 11 is 0. The highest BCUT2D eigenvalue weighted by atomic mass is 16.5. The smallest absolute Gasteiger partial charge is 0.187 e. The van der Waals surface area contributed by atoms with Gasteiger partial charge in [-0.3, -0.25) is 9.48 Å². The van der Waals surface area contributed by atoms with Crippen LogP contribution in [0.4, 0.5) is 0 Å². The van der Waals surface area contributed by atoms with Crippen molar-refractivity contribution in [1.29, 1.82) is 0 Å². The fourth-order valence-electron chi connectivity index (χ4n) is 3.24. The molecule has 0 N–H and O–H groups in total. The summed E-state index contributed by atoms with van der Waals surface area (Å²) in [6.45, 7) is 4.07. The van der Waals surface area contributed by atoms with Crippen LogP contribution in [0.25, 0.3) is 0 Å². The number of ketones is 1. The lowest BCUT2D eigenvalue weighted by Crippen LogP contribution is -2.20. The van der Waals surface area contributed by atoms with Gasteiger partial charge < -0.3 is 4.74 Å². The SMILES string of the molecule is COc1cnn(C(C)C)c1C(=O)C1CC2CC2C1. The van der Waals surface area contributed by atoms with Gasteiger partial charge in [-0.05, 0) is 44.9 Å². The van der Waals surface area contributed by atoms with Crippen molar-refractivity contribution in [3.05, 3.63) is 11.9 Å². The predicted molar refractivity (Wildman–Crippen MR) is 67.8 cm³/mol. The minimum absolute atomic E-state index is 0.184. The molecule has 3 rings (SSSR count). The Bertz CT molecular complexity index is 468. The third-order valence-electron chi connectivity index (χ3n) is 4.32. The summed E-state index contributed by atoms with van der Waals surface area (Å²) in [5.74, 6) is 2.68. The Hall–Kier alpha value is -1.32. The molecule has 2 aliphatic rings. The summed E-state index contributed by atoms with van der Waals surface area (Å²) in [7, 11) is 1.60. The predicted octanol–water partition coefficient (Wildman–Crippen LogP) is 2.70. The number of carbonyl (C=O) groups is 1. The van der Waals surface area contributed by atoms with Gasteiger partial charge in [0.05, 0.1) is 13.3 Å². The van der Waals surface area contributed by atoms with Crippen LogP contribution >= 0.6 is 0 Å². The van der Waals surface area contributed by atoms with E-state index >= 15 is 0 Å². The molecule has 0 amide bonds. The van der Waals surface area contributed by atoms with Gasteiger partial charge in [-0.2, -0.15) is 5.10 Å². The Kier molecular flexibility index (Phi) is 2.68. The maximum atomic E-state index is 12.6. The maximum absolute atomic E-state index is 12.6. The average molecular weight is 248 g/mol. The largest absolute Gasteiger partial charge is 0.493 e. The molecule has 0 saturated heterocycles. The van der Waals surface area contributed by atoms with E-state index in [0.29, 0.717) is 11.4 Å². The normalized spacial score (nSPS) is 29.4. The zero-order valence-electron chi connectivity index (χ0n) is 11.2. The molecule has 0 bridgehead atoms. The van der Waals surface area contributed by atoms with E-state index in [4.69, 9.17) is 4.74 Å². The minimum Gasteiger partial charge on any atom is -0.493 e. The summed E-state index contributed by atoms with van der Waals surface area (Å²) in [5.41, 5.74) is 0.666. The van der Waals surface area contributed by atoms with E-state index in [9.17, 15) is 4.79 Å². The zero-order chi connectivity index (χ0) is 12.9. The molecular formula is C14H20N2O2. The van der Waals surface area contributed by atoms with E-state index in [-0.39, 0.29) is 17.7 Å². The monoisotopic (exact) mass is 248 g/mol. The van der Waals surface area contributed by atoms with E-state index in [0.717, 1.165) is 24.7 Å². The van der Waals surface area contributed by atoms with E-state index in [1.807, 2.05) is 13.8 Å². The van der Waals surface area contributed by atoms with Crippen molar-refractivity contribution in [1.82, 2.24) is 9.78 Å². The lowest BCUT2D eigenvalue weighted by molar-refractivity contribution is 0.0898. The van der Waals surface area contributed by atoms with Crippen molar-refractivity contribution in [3.8, 4) is 5.75 Å². The number of ether oxygens (including phenoxy) is 1. The van der Waals surface area contributed by atoms with Crippen LogP contribution in [-0.2, 0) is 0 Å². The number of methoxy groups -OCH3 is 1. The molecule has 18 heavy (non-hydrogen) atoms. The number of rotatable bonds is 4. The van der Waals surface area contributed by atoms with Crippen molar-refractivity contribution in [2.24, 2.45) is 17.8 Å². The van der Waals surface area contributed by atoms with Gasteiger partial charge in [-0.1, -0.05) is 0 Å². The van der Waals surface area contributed by atoms with Crippen LogP contribution in [0.1, 0.15) is 49.6 Å². The van der Waals surface area contributed by atoms with E-state index in [2.05, 4.69) is 5.10 Å². The molecule has 4 heteroatoms. The molecule has 0 spiro atoms. The fourth-order valence-corrected chi connectivity index (χ4v) is 3.24. The molecule has 0 radical (unpaired) electrons. The van der Waals surface area contributed by atoms with Crippen molar-refractivity contribution < 1.29 is 9.53 Å². The molecule has 1 aromatic rings. The second-order valence-corrected chi connectivity index (χ2v) is 5.89. The Morgan fingerprint density at radius 1 is 1.39 bits per heavy atom. The highest BCUT2D eigenvalue weighted by Gasteiger charge is 2.48. The summed E-state index contributed by atoms with van der Waals surface area (Å²) in [6.07, 6.45) is 5.12. The molecule has 4 nitrogen and oxygen atoms in total. The fraction of sp³-hybridized carbons (Fsp3) is 0.714. The van der Waals surface area contributed by atoms with E-state index in [1.54, 1.807) is 18.0 Å². The topological polar surface area (TPSA) is 44.1 Å². The van der Waals surface area contributed by atoms with Crippen LogP contribution in [0.3, 0.4) is 0 Å². The van der Waals surface area contributed by atoms with Gasteiger partial charge in [0.1, 0.15) is 5.69 Å². The first-order valence-corrected chi connectivity index (χ1v) is 6.77. The van der Waals surface area contributed by atoms with E-state index in [1.165, 1.54) is 6.42 Å². The molecule has 1 heterocycles. The summed E-state index contributed by atoms with van der Waals surface area (Å²) < 4.78 is 7.09. The molecule has 2 fully saturated rings. The lowest BCUT2D eigenvalue weighted by Gasteiger charge is -2.15. The number of fused-ring (bicyclic) bond motifs is 1. The Labute approximate surface area is 107 Å². The van der Waals surface area contributed by atoms with Gasteiger partial charge in [0.15, 0.2) is 11.5 Å². The molecule has 2 aliphatic carbocycles. The standard InChI is InChI=1S/C14H20N2O2/c1-8(2)16-13(12(18-3)7-15-16)14(17)11-5-9-4-10(9)6-11/h7-11H,4-6H2,1-3H3. The summed E-state index contributed by atoms with van der Waals surface area (Å²) in [6, 6.07) is 0.184. The highest BCUT2D eigenvalue weighted by molar-refractivity contribution is 5.99. The van der Waals surface area contributed by atoms with Crippen LogP contribution in [0, 0.1) is 17.8 Å². The Morgan fingerprint density at radius 2 is 2.06 bits per heavy atom. The number of aromatic nitrogens is 2. The van der Waals surface area contributed by atoms with Crippen molar-refractivity contribution in [2.45, 2.75) is 39.2 Å². The molecule has 0 aromatic carbocycles. The van der Waals surface area contributed by atoms with Gasteiger partial charge >= 0.3 is 0 Å². The van der Waals surface area contributed by atoms with Crippen LogP contribution in [-0.4, -0.2) is 22.7 Å². The van der Waals surface area contributed by atoms with Crippen molar-refractivity contribution in [3.63, 3.8) is 0 Å². The quantitative estimate of drug-likeness (QED) is 0.769. The van der Waals surface area contributed by atoms with Gasteiger partial charge in [0.25, 0.3) is 0 Å². The third-order valence-corrected chi connectivity index (χ3v) is 4.32. The minimum atomic E-state index is 0.184. The lowest BCUT2D eigenvalue weighted by atomic mass is 9.96. The number of nitrogens with zero attached hydrogens (tertiary/aromatic N) is 2. The first-order valence-electron chi connectivity index (χ1n) is 6.77. The highest BCUT2D eigenvalue weighted by Crippen LogP contribution is 2.55. The molecular weight excluding hydrogens is 228 g/mol.